The van der Waals surface area contributed by atoms with E-state index in [0.717, 1.165) is 11.1 Å². The lowest BCUT2D eigenvalue weighted by molar-refractivity contribution is -0.150. The highest BCUT2D eigenvalue weighted by molar-refractivity contribution is 5.74. The van der Waals surface area contributed by atoms with E-state index in [0.29, 0.717) is 0 Å². The van der Waals surface area contributed by atoms with Crippen molar-refractivity contribution in [3.63, 3.8) is 0 Å². The van der Waals surface area contributed by atoms with Gasteiger partial charge in [0.2, 0.25) is 0 Å². The van der Waals surface area contributed by atoms with Crippen LogP contribution in [0.15, 0.2) is 24.3 Å². The molecule has 0 aliphatic rings. The molecule has 1 rings (SSSR count). The quantitative estimate of drug-likeness (QED) is 0.611. The molecule has 1 unspecified atom stereocenters. The molecule has 0 heterocycles. The number of hydrogen-bond acceptors (Lipinski definition) is 3. The Morgan fingerprint density at radius 2 is 2.06 bits per heavy atom. The molecular weight excluding hydrogens is 204 g/mol. The zero-order chi connectivity index (χ0) is 12.0. The molecule has 0 aliphatic heterocycles. The molecule has 0 saturated heterocycles. The Labute approximate surface area is 95.1 Å². The van der Waals surface area contributed by atoms with Crippen molar-refractivity contribution in [1.29, 1.82) is 0 Å². The molecule has 1 N–H and O–H groups in total. The van der Waals surface area contributed by atoms with Crippen molar-refractivity contribution in [1.82, 2.24) is 0 Å². The summed E-state index contributed by atoms with van der Waals surface area (Å²) in [7, 11) is 1.26. The second-order valence-corrected chi connectivity index (χ2v) is 3.32. The molecular formula is C13H14O3. The lowest BCUT2D eigenvalue weighted by Gasteiger charge is -2.07. The summed E-state index contributed by atoms with van der Waals surface area (Å²) in [5, 5.41) is 9.44. The summed E-state index contributed by atoms with van der Waals surface area (Å²) in [6.45, 7) is 1.77. The maximum absolute atomic E-state index is 11.0. The summed E-state index contributed by atoms with van der Waals surface area (Å²) in [6.07, 6.45) is -0.847. The zero-order valence-corrected chi connectivity index (χ0v) is 9.36. The summed E-state index contributed by atoms with van der Waals surface area (Å²) >= 11 is 0. The van der Waals surface area contributed by atoms with E-state index in [1.807, 2.05) is 24.3 Å². The number of rotatable bonds is 3. The molecule has 1 atom stereocenters. The Balaban J connectivity index is 2.67. The van der Waals surface area contributed by atoms with Gasteiger partial charge in [-0.2, -0.15) is 0 Å². The minimum atomic E-state index is -1.10. The van der Waals surface area contributed by atoms with Crippen molar-refractivity contribution in [2.24, 2.45) is 0 Å². The molecule has 0 radical (unpaired) electrons. The molecule has 0 spiro atoms. The van der Waals surface area contributed by atoms with Crippen LogP contribution in [0.1, 0.15) is 18.1 Å². The third-order valence-electron chi connectivity index (χ3n) is 2.13. The molecule has 1 aromatic carbocycles. The fraction of sp³-hybridized carbons (Fsp3) is 0.308. The van der Waals surface area contributed by atoms with Crippen LogP contribution in [-0.2, 0) is 16.0 Å². The summed E-state index contributed by atoms with van der Waals surface area (Å²) in [5.41, 5.74) is 1.79. The first-order valence-corrected chi connectivity index (χ1v) is 4.95. The molecule has 0 saturated carbocycles. The highest BCUT2D eigenvalue weighted by Crippen LogP contribution is 2.07. The monoisotopic (exact) mass is 218 g/mol. The van der Waals surface area contributed by atoms with Crippen LogP contribution in [0.2, 0.25) is 0 Å². The number of carbonyl (C=O) groups is 1. The Bertz CT molecular complexity index is 409. The molecule has 3 heteroatoms. The van der Waals surface area contributed by atoms with E-state index in [1.54, 1.807) is 6.92 Å². The molecule has 0 aliphatic carbocycles. The Hall–Kier alpha value is -1.79. The summed E-state index contributed by atoms with van der Waals surface area (Å²) in [5.74, 6) is 5.10. The average Bonchev–Trinajstić information content (AvgIpc) is 2.31. The second kappa shape index (κ2) is 5.94. The maximum Gasteiger partial charge on any atom is 0.335 e. The van der Waals surface area contributed by atoms with Crippen molar-refractivity contribution in [3.8, 4) is 11.8 Å². The Morgan fingerprint density at radius 3 is 2.56 bits per heavy atom. The first-order valence-electron chi connectivity index (χ1n) is 4.95. The average molecular weight is 218 g/mol. The van der Waals surface area contributed by atoms with Gasteiger partial charge in [0.25, 0.3) is 0 Å². The predicted molar refractivity (Wildman–Crippen MR) is 60.7 cm³/mol. The van der Waals surface area contributed by atoms with Gasteiger partial charge in [-0.25, -0.2) is 4.79 Å². The van der Waals surface area contributed by atoms with Crippen molar-refractivity contribution < 1.29 is 14.6 Å². The number of aliphatic hydroxyl groups is 1. The van der Waals surface area contributed by atoms with Crippen molar-refractivity contribution in [2.45, 2.75) is 19.4 Å². The number of aliphatic hydroxyl groups excluding tert-OH is 1. The number of esters is 1. The van der Waals surface area contributed by atoms with Gasteiger partial charge in [-0.3, -0.25) is 0 Å². The standard InChI is InChI=1S/C13H14O3/c1-3-4-10-5-7-11(8-6-10)9-12(14)13(15)16-2/h5-8,12,14H,9H2,1-2H3. The molecule has 1 aromatic rings. The van der Waals surface area contributed by atoms with E-state index in [1.165, 1.54) is 7.11 Å². The van der Waals surface area contributed by atoms with Crippen LogP contribution < -0.4 is 0 Å². The van der Waals surface area contributed by atoms with Gasteiger partial charge in [-0.1, -0.05) is 18.1 Å². The lowest BCUT2D eigenvalue weighted by Crippen LogP contribution is -2.24. The van der Waals surface area contributed by atoms with Gasteiger partial charge in [0.15, 0.2) is 6.10 Å². The minimum Gasteiger partial charge on any atom is -0.467 e. The largest absolute Gasteiger partial charge is 0.467 e. The van der Waals surface area contributed by atoms with Crippen molar-refractivity contribution in [2.75, 3.05) is 7.11 Å². The number of methoxy groups -OCH3 is 1. The van der Waals surface area contributed by atoms with E-state index >= 15 is 0 Å². The minimum absolute atomic E-state index is 0.256. The highest BCUT2D eigenvalue weighted by Gasteiger charge is 2.15. The Kier molecular flexibility index (Phi) is 4.56. The molecule has 84 valence electrons. The van der Waals surface area contributed by atoms with Crippen LogP contribution in [0, 0.1) is 11.8 Å². The molecule has 3 nitrogen and oxygen atoms in total. The van der Waals surface area contributed by atoms with Crippen LogP contribution in [0.4, 0.5) is 0 Å². The molecule has 0 amide bonds. The number of carbonyl (C=O) groups excluding carboxylic acids is 1. The van der Waals surface area contributed by atoms with Gasteiger partial charge in [0.05, 0.1) is 7.11 Å². The third kappa shape index (κ3) is 3.41. The van der Waals surface area contributed by atoms with E-state index in [4.69, 9.17) is 0 Å². The smallest absolute Gasteiger partial charge is 0.335 e. The molecule has 0 bridgehead atoms. The van der Waals surface area contributed by atoms with Crippen LogP contribution in [0.3, 0.4) is 0 Å². The van der Waals surface area contributed by atoms with Gasteiger partial charge < -0.3 is 9.84 Å². The zero-order valence-electron chi connectivity index (χ0n) is 9.36. The molecule has 16 heavy (non-hydrogen) atoms. The molecule has 0 aromatic heterocycles. The van der Waals surface area contributed by atoms with Crippen LogP contribution >= 0.6 is 0 Å². The summed E-state index contributed by atoms with van der Waals surface area (Å²) in [6, 6.07) is 7.39. The SMILES string of the molecule is CC#Cc1ccc(CC(O)C(=O)OC)cc1. The van der Waals surface area contributed by atoms with E-state index < -0.39 is 12.1 Å². The third-order valence-corrected chi connectivity index (χ3v) is 2.13. The van der Waals surface area contributed by atoms with E-state index in [-0.39, 0.29) is 6.42 Å². The first-order chi connectivity index (χ1) is 7.67. The number of ether oxygens (including phenoxy) is 1. The first kappa shape index (κ1) is 12.3. The fourth-order valence-corrected chi connectivity index (χ4v) is 1.31. The maximum atomic E-state index is 11.0. The van der Waals surface area contributed by atoms with Gasteiger partial charge >= 0.3 is 5.97 Å². The van der Waals surface area contributed by atoms with Crippen molar-refractivity contribution in [3.05, 3.63) is 35.4 Å². The Morgan fingerprint density at radius 1 is 1.44 bits per heavy atom. The van der Waals surface area contributed by atoms with Crippen molar-refractivity contribution >= 4 is 5.97 Å². The van der Waals surface area contributed by atoms with Crippen LogP contribution in [0.5, 0.6) is 0 Å². The predicted octanol–water partition coefficient (Wildman–Crippen LogP) is 1.13. The van der Waals surface area contributed by atoms with E-state index in [9.17, 15) is 9.90 Å². The summed E-state index contributed by atoms with van der Waals surface area (Å²) < 4.78 is 4.44. The highest BCUT2D eigenvalue weighted by atomic mass is 16.5. The van der Waals surface area contributed by atoms with Gasteiger partial charge in [0.1, 0.15) is 0 Å². The second-order valence-electron chi connectivity index (χ2n) is 3.32. The lowest BCUT2D eigenvalue weighted by atomic mass is 10.1. The van der Waals surface area contributed by atoms with E-state index in [2.05, 4.69) is 16.6 Å². The number of benzene rings is 1. The van der Waals surface area contributed by atoms with Gasteiger partial charge in [-0.05, 0) is 24.6 Å². The normalized spacial score (nSPS) is 11.2. The van der Waals surface area contributed by atoms with Gasteiger partial charge in [0, 0.05) is 12.0 Å². The molecule has 0 fully saturated rings. The fourth-order valence-electron chi connectivity index (χ4n) is 1.31. The number of hydrogen-bond donors (Lipinski definition) is 1. The van der Waals surface area contributed by atoms with Crippen LogP contribution in [0.25, 0.3) is 0 Å². The topological polar surface area (TPSA) is 46.5 Å². The van der Waals surface area contributed by atoms with Gasteiger partial charge in [-0.15, -0.1) is 5.92 Å². The van der Waals surface area contributed by atoms with Crippen LogP contribution in [-0.4, -0.2) is 24.3 Å². The summed E-state index contributed by atoms with van der Waals surface area (Å²) in [4.78, 5) is 11.0.